The molecule has 26 heavy (non-hydrogen) atoms. The Morgan fingerprint density at radius 2 is 1.65 bits per heavy atom. The molecule has 0 spiro atoms. The highest BCUT2D eigenvalue weighted by atomic mass is 19.1. The van der Waals surface area contributed by atoms with Crippen LogP contribution < -0.4 is 5.32 Å². The third-order valence-corrected chi connectivity index (χ3v) is 4.02. The average Bonchev–Trinajstić information content (AvgIpc) is 2.62. The Kier molecular flexibility index (Phi) is 7.33. The van der Waals surface area contributed by atoms with Crippen LogP contribution in [0.4, 0.5) is 4.39 Å². The first-order chi connectivity index (χ1) is 12.5. The van der Waals surface area contributed by atoms with Crippen LogP contribution in [0.15, 0.2) is 48.5 Å². The molecule has 0 aliphatic heterocycles. The number of esters is 1. The van der Waals surface area contributed by atoms with Crippen LogP contribution in [0.5, 0.6) is 0 Å². The van der Waals surface area contributed by atoms with Gasteiger partial charge in [0.15, 0.2) is 0 Å². The van der Waals surface area contributed by atoms with Crippen LogP contribution in [-0.2, 0) is 27.2 Å². The number of aryl methyl sites for hydroxylation is 2. The highest BCUT2D eigenvalue weighted by Crippen LogP contribution is 2.09. The van der Waals surface area contributed by atoms with E-state index in [1.165, 1.54) is 17.7 Å². The molecular formula is C21H24FNO3. The van der Waals surface area contributed by atoms with Gasteiger partial charge in [-0.25, -0.2) is 9.18 Å². The third kappa shape index (κ3) is 6.31. The van der Waals surface area contributed by atoms with Crippen molar-refractivity contribution < 1.29 is 18.7 Å². The molecule has 0 saturated carbocycles. The standard InChI is InChI=1S/C21H24FNO3/c1-3-26-21(25)19(14-17-8-11-18(22)12-9-17)23-20(24)13-10-16-6-4-15(2)5-7-16/h4-9,11-12,19H,3,10,13-14H2,1-2H3,(H,23,24). The van der Waals surface area contributed by atoms with Gasteiger partial charge >= 0.3 is 5.97 Å². The highest BCUT2D eigenvalue weighted by molar-refractivity contribution is 5.84. The number of hydrogen-bond donors (Lipinski definition) is 1. The van der Waals surface area contributed by atoms with Crippen LogP contribution in [0.1, 0.15) is 30.0 Å². The molecule has 0 radical (unpaired) electrons. The number of nitrogens with one attached hydrogen (secondary N) is 1. The molecule has 2 aromatic carbocycles. The maximum Gasteiger partial charge on any atom is 0.328 e. The number of rotatable bonds is 8. The Balaban J connectivity index is 1.95. The Labute approximate surface area is 153 Å². The van der Waals surface area contributed by atoms with Crippen LogP contribution >= 0.6 is 0 Å². The van der Waals surface area contributed by atoms with Gasteiger partial charge in [-0.1, -0.05) is 42.0 Å². The molecule has 0 heterocycles. The molecule has 0 aromatic heterocycles. The normalized spacial score (nSPS) is 11.7. The molecule has 2 rings (SSSR count). The topological polar surface area (TPSA) is 55.4 Å². The SMILES string of the molecule is CCOC(=O)C(Cc1ccc(F)cc1)NC(=O)CCc1ccc(C)cc1. The van der Waals surface area contributed by atoms with E-state index in [2.05, 4.69) is 5.32 Å². The van der Waals surface area contributed by atoms with E-state index in [1.54, 1.807) is 19.1 Å². The summed E-state index contributed by atoms with van der Waals surface area (Å²) in [6.07, 6.45) is 1.13. The Morgan fingerprint density at radius 1 is 1.04 bits per heavy atom. The summed E-state index contributed by atoms with van der Waals surface area (Å²) in [6.45, 7) is 3.96. The van der Waals surface area contributed by atoms with E-state index in [4.69, 9.17) is 4.74 Å². The second-order valence-electron chi connectivity index (χ2n) is 6.19. The number of carbonyl (C=O) groups is 2. The van der Waals surface area contributed by atoms with Crippen molar-refractivity contribution in [3.05, 3.63) is 71.0 Å². The van der Waals surface area contributed by atoms with Gasteiger partial charge in [0.1, 0.15) is 11.9 Å². The lowest BCUT2D eigenvalue weighted by Crippen LogP contribution is -2.43. The summed E-state index contributed by atoms with van der Waals surface area (Å²) in [5.41, 5.74) is 2.99. The van der Waals surface area contributed by atoms with Gasteiger partial charge in [0.25, 0.3) is 0 Å². The first kappa shape index (κ1) is 19.6. The van der Waals surface area contributed by atoms with Crippen LogP contribution in [0.3, 0.4) is 0 Å². The number of carbonyl (C=O) groups excluding carboxylic acids is 2. The quantitative estimate of drug-likeness (QED) is 0.737. The number of ether oxygens (including phenoxy) is 1. The van der Waals surface area contributed by atoms with Crippen molar-refractivity contribution in [1.29, 1.82) is 0 Å². The number of amides is 1. The lowest BCUT2D eigenvalue weighted by molar-refractivity contribution is -0.147. The van der Waals surface area contributed by atoms with Gasteiger partial charge in [-0.15, -0.1) is 0 Å². The second-order valence-corrected chi connectivity index (χ2v) is 6.19. The molecule has 0 aliphatic carbocycles. The minimum Gasteiger partial charge on any atom is -0.464 e. The zero-order valence-corrected chi connectivity index (χ0v) is 15.1. The molecule has 0 fully saturated rings. The molecule has 1 N–H and O–H groups in total. The van der Waals surface area contributed by atoms with E-state index < -0.39 is 12.0 Å². The van der Waals surface area contributed by atoms with E-state index in [0.29, 0.717) is 6.42 Å². The fourth-order valence-electron chi connectivity index (χ4n) is 2.57. The first-order valence-electron chi connectivity index (χ1n) is 8.74. The summed E-state index contributed by atoms with van der Waals surface area (Å²) in [6, 6.07) is 13.1. The molecule has 2 aromatic rings. The zero-order chi connectivity index (χ0) is 18.9. The maximum atomic E-state index is 13.0. The smallest absolute Gasteiger partial charge is 0.328 e. The monoisotopic (exact) mass is 357 g/mol. The highest BCUT2D eigenvalue weighted by Gasteiger charge is 2.22. The molecule has 1 unspecified atom stereocenters. The Bertz CT molecular complexity index is 726. The number of halogens is 1. The summed E-state index contributed by atoms with van der Waals surface area (Å²) in [7, 11) is 0. The zero-order valence-electron chi connectivity index (χ0n) is 15.1. The number of hydrogen-bond acceptors (Lipinski definition) is 3. The van der Waals surface area contributed by atoms with Gasteiger partial charge in [0.2, 0.25) is 5.91 Å². The predicted octanol–water partition coefficient (Wildman–Crippen LogP) is 3.36. The minimum atomic E-state index is -0.786. The van der Waals surface area contributed by atoms with Crippen LogP contribution in [-0.4, -0.2) is 24.5 Å². The van der Waals surface area contributed by atoms with E-state index in [9.17, 15) is 14.0 Å². The van der Waals surface area contributed by atoms with Crippen molar-refractivity contribution in [2.24, 2.45) is 0 Å². The first-order valence-corrected chi connectivity index (χ1v) is 8.74. The minimum absolute atomic E-state index is 0.217. The van der Waals surface area contributed by atoms with Gasteiger partial charge in [0.05, 0.1) is 6.61 Å². The molecule has 5 heteroatoms. The molecule has 1 atom stereocenters. The fraction of sp³-hybridized carbons (Fsp3) is 0.333. The predicted molar refractivity (Wildman–Crippen MR) is 98.2 cm³/mol. The van der Waals surface area contributed by atoms with E-state index in [1.807, 2.05) is 31.2 Å². The summed E-state index contributed by atoms with van der Waals surface area (Å²) in [5.74, 6) is -1.05. The van der Waals surface area contributed by atoms with Gasteiger partial charge in [-0.2, -0.15) is 0 Å². The van der Waals surface area contributed by atoms with Gasteiger partial charge < -0.3 is 10.1 Å². The molecule has 0 aliphatic rings. The fourth-order valence-corrected chi connectivity index (χ4v) is 2.57. The Hall–Kier alpha value is -2.69. The van der Waals surface area contributed by atoms with Crippen LogP contribution in [0.25, 0.3) is 0 Å². The largest absolute Gasteiger partial charge is 0.464 e. The maximum absolute atomic E-state index is 13.0. The lowest BCUT2D eigenvalue weighted by Gasteiger charge is -2.17. The van der Waals surface area contributed by atoms with Crippen LogP contribution in [0, 0.1) is 12.7 Å². The second kappa shape index (κ2) is 9.70. The Morgan fingerprint density at radius 3 is 2.27 bits per heavy atom. The average molecular weight is 357 g/mol. The molecule has 0 saturated heterocycles. The summed E-state index contributed by atoms with van der Waals surface area (Å²) >= 11 is 0. The van der Waals surface area contributed by atoms with Crippen molar-refractivity contribution in [2.45, 2.75) is 39.2 Å². The van der Waals surface area contributed by atoms with Gasteiger partial charge in [0, 0.05) is 12.8 Å². The lowest BCUT2D eigenvalue weighted by atomic mass is 10.0. The van der Waals surface area contributed by atoms with Crippen molar-refractivity contribution in [3.63, 3.8) is 0 Å². The van der Waals surface area contributed by atoms with Crippen LogP contribution in [0.2, 0.25) is 0 Å². The molecule has 0 bridgehead atoms. The molecule has 1 amide bonds. The summed E-state index contributed by atoms with van der Waals surface area (Å²) in [5, 5.41) is 2.74. The summed E-state index contributed by atoms with van der Waals surface area (Å²) < 4.78 is 18.1. The van der Waals surface area contributed by atoms with E-state index in [0.717, 1.165) is 11.1 Å². The van der Waals surface area contributed by atoms with Crippen molar-refractivity contribution in [3.8, 4) is 0 Å². The molecular weight excluding hydrogens is 333 g/mol. The van der Waals surface area contributed by atoms with E-state index in [-0.39, 0.29) is 31.2 Å². The molecule has 4 nitrogen and oxygen atoms in total. The van der Waals surface area contributed by atoms with Gasteiger partial charge in [-0.05, 0) is 43.5 Å². The van der Waals surface area contributed by atoms with Crippen molar-refractivity contribution in [2.75, 3.05) is 6.61 Å². The van der Waals surface area contributed by atoms with E-state index >= 15 is 0 Å². The third-order valence-electron chi connectivity index (χ3n) is 4.02. The number of benzene rings is 2. The molecule has 138 valence electrons. The van der Waals surface area contributed by atoms with Crippen molar-refractivity contribution >= 4 is 11.9 Å². The van der Waals surface area contributed by atoms with Crippen molar-refractivity contribution in [1.82, 2.24) is 5.32 Å². The summed E-state index contributed by atoms with van der Waals surface area (Å²) in [4.78, 5) is 24.4. The van der Waals surface area contributed by atoms with Gasteiger partial charge in [-0.3, -0.25) is 4.79 Å².